The van der Waals surface area contributed by atoms with Gasteiger partial charge in [-0.2, -0.15) is 0 Å². The summed E-state index contributed by atoms with van der Waals surface area (Å²) >= 11 is 0. The minimum absolute atomic E-state index is 0.0671. The number of carbonyl (C=O) groups is 3. The van der Waals surface area contributed by atoms with E-state index in [1.54, 1.807) is 18.2 Å². The average molecular weight is 388 g/mol. The first-order valence-corrected chi connectivity index (χ1v) is 9.66. The molecule has 0 unspecified atom stereocenters. The number of benzene rings is 1. The summed E-state index contributed by atoms with van der Waals surface area (Å²) in [6.45, 7) is 3.95. The Morgan fingerprint density at radius 1 is 1.18 bits per heavy atom. The van der Waals surface area contributed by atoms with Crippen molar-refractivity contribution in [1.29, 1.82) is 0 Å². The molecule has 1 aliphatic carbocycles. The Morgan fingerprint density at radius 2 is 1.93 bits per heavy atom. The Hall–Kier alpha value is -2.83. The van der Waals surface area contributed by atoms with Crippen LogP contribution in [-0.4, -0.2) is 37.2 Å². The van der Waals surface area contributed by atoms with Crippen LogP contribution in [0, 0.1) is 5.92 Å². The van der Waals surface area contributed by atoms with Crippen LogP contribution in [0.4, 0.5) is 4.79 Å². The number of esters is 1. The predicted molar refractivity (Wildman–Crippen MR) is 106 cm³/mol. The van der Waals surface area contributed by atoms with Gasteiger partial charge in [-0.05, 0) is 37.8 Å². The molecule has 1 aromatic carbocycles. The SMILES string of the molecule is CCOc1ccccc1/C=C/C(=O)OCC(=O)NC(=O)N[C@@H]1CCCC[C@H]1C. The number of imide groups is 1. The van der Waals surface area contributed by atoms with Gasteiger partial charge in [-0.15, -0.1) is 0 Å². The van der Waals surface area contributed by atoms with Crippen molar-refractivity contribution >= 4 is 24.0 Å². The van der Waals surface area contributed by atoms with Crippen LogP contribution in [0.5, 0.6) is 5.75 Å². The number of ether oxygens (including phenoxy) is 2. The topological polar surface area (TPSA) is 93.7 Å². The van der Waals surface area contributed by atoms with Crippen molar-refractivity contribution in [3.8, 4) is 5.75 Å². The Morgan fingerprint density at radius 3 is 2.68 bits per heavy atom. The molecule has 7 nitrogen and oxygen atoms in total. The van der Waals surface area contributed by atoms with E-state index in [0.29, 0.717) is 18.3 Å². The van der Waals surface area contributed by atoms with Crippen LogP contribution >= 0.6 is 0 Å². The molecule has 0 aliphatic heterocycles. The Labute approximate surface area is 165 Å². The molecule has 2 rings (SSSR count). The summed E-state index contributed by atoms with van der Waals surface area (Å²) in [5.74, 6) is -0.308. The number of hydrogen-bond donors (Lipinski definition) is 2. The van der Waals surface area contributed by atoms with Gasteiger partial charge in [-0.1, -0.05) is 38.0 Å². The van der Waals surface area contributed by atoms with Crippen molar-refractivity contribution in [2.75, 3.05) is 13.2 Å². The molecular formula is C21H28N2O5. The summed E-state index contributed by atoms with van der Waals surface area (Å²) in [5.41, 5.74) is 0.728. The van der Waals surface area contributed by atoms with E-state index < -0.39 is 24.5 Å². The van der Waals surface area contributed by atoms with E-state index in [-0.39, 0.29) is 6.04 Å². The van der Waals surface area contributed by atoms with E-state index in [1.807, 2.05) is 19.1 Å². The summed E-state index contributed by atoms with van der Waals surface area (Å²) in [6, 6.07) is 6.78. The van der Waals surface area contributed by atoms with E-state index in [4.69, 9.17) is 9.47 Å². The lowest BCUT2D eigenvalue weighted by Crippen LogP contribution is -2.48. The first-order chi connectivity index (χ1) is 13.5. The van der Waals surface area contributed by atoms with Crippen molar-refractivity contribution in [2.45, 2.75) is 45.6 Å². The maximum Gasteiger partial charge on any atom is 0.331 e. The predicted octanol–water partition coefficient (Wildman–Crippen LogP) is 3.05. The lowest BCUT2D eigenvalue weighted by molar-refractivity contribution is -0.143. The second-order valence-corrected chi connectivity index (χ2v) is 6.80. The number of para-hydroxylation sites is 1. The van der Waals surface area contributed by atoms with Crippen molar-refractivity contribution in [2.24, 2.45) is 5.92 Å². The summed E-state index contributed by atoms with van der Waals surface area (Å²) in [5, 5.41) is 5.01. The molecule has 2 atom stereocenters. The third kappa shape index (κ3) is 7.06. The van der Waals surface area contributed by atoms with Crippen LogP contribution < -0.4 is 15.4 Å². The number of nitrogens with one attached hydrogen (secondary N) is 2. The van der Waals surface area contributed by atoms with Gasteiger partial charge in [-0.3, -0.25) is 10.1 Å². The minimum Gasteiger partial charge on any atom is -0.493 e. The van der Waals surface area contributed by atoms with E-state index in [1.165, 1.54) is 12.5 Å². The fraction of sp³-hybridized carbons (Fsp3) is 0.476. The quantitative estimate of drug-likeness (QED) is 0.553. The van der Waals surface area contributed by atoms with Crippen LogP contribution in [0.15, 0.2) is 30.3 Å². The van der Waals surface area contributed by atoms with Crippen LogP contribution in [0.3, 0.4) is 0 Å². The number of rotatable bonds is 7. The van der Waals surface area contributed by atoms with Gasteiger partial charge in [0.2, 0.25) is 0 Å². The normalized spacial score (nSPS) is 19.1. The molecule has 0 radical (unpaired) electrons. The molecule has 28 heavy (non-hydrogen) atoms. The highest BCUT2D eigenvalue weighted by Crippen LogP contribution is 2.23. The average Bonchev–Trinajstić information content (AvgIpc) is 2.67. The van der Waals surface area contributed by atoms with Crippen LogP contribution in [0.2, 0.25) is 0 Å². The van der Waals surface area contributed by atoms with Gasteiger partial charge in [0.15, 0.2) is 6.61 Å². The molecule has 152 valence electrons. The summed E-state index contributed by atoms with van der Waals surface area (Å²) in [6.07, 6.45) is 6.98. The van der Waals surface area contributed by atoms with Gasteiger partial charge in [-0.25, -0.2) is 9.59 Å². The number of urea groups is 1. The molecule has 1 saturated carbocycles. The van der Waals surface area contributed by atoms with Gasteiger partial charge in [0, 0.05) is 17.7 Å². The molecule has 0 bridgehead atoms. The standard InChI is InChI=1S/C21H28N2O5/c1-3-27-18-11-7-5-9-16(18)12-13-20(25)28-14-19(24)23-21(26)22-17-10-6-4-8-15(17)2/h5,7,9,11-13,15,17H,3-4,6,8,10,14H2,1-2H3,(H2,22,23,24,26)/b13-12+/t15-,17-/m1/s1. The highest BCUT2D eigenvalue weighted by atomic mass is 16.5. The van der Waals surface area contributed by atoms with E-state index in [2.05, 4.69) is 17.6 Å². The van der Waals surface area contributed by atoms with Gasteiger partial charge in [0.1, 0.15) is 5.75 Å². The number of hydrogen-bond acceptors (Lipinski definition) is 5. The molecule has 2 N–H and O–H groups in total. The van der Waals surface area contributed by atoms with Crippen LogP contribution in [0.25, 0.3) is 6.08 Å². The van der Waals surface area contributed by atoms with Gasteiger partial charge >= 0.3 is 12.0 Å². The number of carbonyl (C=O) groups excluding carboxylic acids is 3. The Bertz CT molecular complexity index is 717. The largest absolute Gasteiger partial charge is 0.493 e. The molecule has 0 saturated heterocycles. The highest BCUT2D eigenvalue weighted by molar-refractivity contribution is 5.96. The lowest BCUT2D eigenvalue weighted by atomic mass is 9.86. The fourth-order valence-electron chi connectivity index (χ4n) is 3.15. The maximum atomic E-state index is 11.9. The maximum absolute atomic E-state index is 11.9. The van der Waals surface area contributed by atoms with Crippen molar-refractivity contribution in [3.63, 3.8) is 0 Å². The molecular weight excluding hydrogens is 360 g/mol. The Kier molecular flexibility index (Phi) is 8.52. The molecule has 7 heteroatoms. The van der Waals surface area contributed by atoms with Crippen LogP contribution in [0.1, 0.15) is 45.1 Å². The van der Waals surface area contributed by atoms with Crippen molar-refractivity contribution in [1.82, 2.24) is 10.6 Å². The zero-order chi connectivity index (χ0) is 20.4. The molecule has 1 aromatic rings. The lowest BCUT2D eigenvalue weighted by Gasteiger charge is -2.29. The fourth-order valence-corrected chi connectivity index (χ4v) is 3.15. The molecule has 0 heterocycles. The second-order valence-electron chi connectivity index (χ2n) is 6.80. The zero-order valence-corrected chi connectivity index (χ0v) is 16.4. The third-order valence-electron chi connectivity index (χ3n) is 4.64. The third-order valence-corrected chi connectivity index (χ3v) is 4.64. The van der Waals surface area contributed by atoms with Gasteiger partial charge in [0.25, 0.3) is 5.91 Å². The zero-order valence-electron chi connectivity index (χ0n) is 16.4. The first-order valence-electron chi connectivity index (χ1n) is 9.66. The second kappa shape index (κ2) is 11.1. The van der Waals surface area contributed by atoms with Gasteiger partial charge < -0.3 is 14.8 Å². The van der Waals surface area contributed by atoms with Crippen molar-refractivity contribution < 1.29 is 23.9 Å². The summed E-state index contributed by atoms with van der Waals surface area (Å²) in [7, 11) is 0. The highest BCUT2D eigenvalue weighted by Gasteiger charge is 2.23. The Balaban J connectivity index is 1.74. The summed E-state index contributed by atoms with van der Waals surface area (Å²) in [4.78, 5) is 35.5. The number of amides is 3. The van der Waals surface area contributed by atoms with Gasteiger partial charge in [0.05, 0.1) is 6.61 Å². The monoisotopic (exact) mass is 388 g/mol. The van der Waals surface area contributed by atoms with E-state index >= 15 is 0 Å². The molecule has 0 spiro atoms. The molecule has 1 fully saturated rings. The van der Waals surface area contributed by atoms with Crippen LogP contribution in [-0.2, 0) is 14.3 Å². The molecule has 3 amide bonds. The van der Waals surface area contributed by atoms with Crippen molar-refractivity contribution in [3.05, 3.63) is 35.9 Å². The molecule has 0 aromatic heterocycles. The van der Waals surface area contributed by atoms with E-state index in [0.717, 1.165) is 24.8 Å². The summed E-state index contributed by atoms with van der Waals surface area (Å²) < 4.78 is 10.3. The molecule has 1 aliphatic rings. The van der Waals surface area contributed by atoms with E-state index in [9.17, 15) is 14.4 Å². The smallest absolute Gasteiger partial charge is 0.331 e. The first kappa shape index (κ1) is 21.5. The minimum atomic E-state index is -0.678.